The maximum atomic E-state index is 12.0. The summed E-state index contributed by atoms with van der Waals surface area (Å²) in [6.45, 7) is 1.74. The molecule has 0 saturated heterocycles. The fourth-order valence-electron chi connectivity index (χ4n) is 1.63. The maximum absolute atomic E-state index is 12.0. The van der Waals surface area contributed by atoms with Crippen molar-refractivity contribution >= 4 is 17.9 Å². The molecule has 0 saturated carbocycles. The molecule has 0 heterocycles. The third-order valence-corrected chi connectivity index (χ3v) is 2.75. The summed E-state index contributed by atoms with van der Waals surface area (Å²) in [6, 6.07) is 3.98. The lowest BCUT2D eigenvalue weighted by molar-refractivity contribution is -0.123. The third kappa shape index (κ3) is 5.85. The first-order chi connectivity index (χ1) is 11.0. The predicted molar refractivity (Wildman–Crippen MR) is 81.7 cm³/mol. The van der Waals surface area contributed by atoms with E-state index in [2.05, 4.69) is 10.6 Å². The van der Waals surface area contributed by atoms with Crippen molar-refractivity contribution in [2.45, 2.75) is 13.3 Å². The van der Waals surface area contributed by atoms with Gasteiger partial charge in [0.2, 0.25) is 0 Å². The number of urea groups is 1. The number of esters is 1. The number of carbonyl (C=O) groups is 3. The minimum Gasteiger partial charge on any atom is -0.497 e. The molecule has 1 rings (SSSR count). The first-order valence-electron chi connectivity index (χ1n) is 6.98. The highest BCUT2D eigenvalue weighted by molar-refractivity contribution is 5.98. The summed E-state index contributed by atoms with van der Waals surface area (Å²) in [5.74, 6) is -0.753. The zero-order valence-corrected chi connectivity index (χ0v) is 13.3. The average Bonchev–Trinajstić information content (AvgIpc) is 2.57. The van der Waals surface area contributed by atoms with E-state index in [1.807, 2.05) is 6.92 Å². The van der Waals surface area contributed by atoms with Crippen LogP contribution in [-0.4, -0.2) is 45.3 Å². The van der Waals surface area contributed by atoms with E-state index >= 15 is 0 Å². The van der Waals surface area contributed by atoms with Crippen molar-refractivity contribution in [1.82, 2.24) is 10.6 Å². The number of hydrogen-bond acceptors (Lipinski definition) is 6. The van der Waals surface area contributed by atoms with Gasteiger partial charge in [0.25, 0.3) is 5.91 Å². The lowest BCUT2D eigenvalue weighted by atomic mass is 10.2. The zero-order chi connectivity index (χ0) is 17.2. The lowest BCUT2D eigenvalue weighted by Gasteiger charge is -2.10. The van der Waals surface area contributed by atoms with Crippen molar-refractivity contribution in [1.29, 1.82) is 0 Å². The van der Waals surface area contributed by atoms with Crippen molar-refractivity contribution in [3.63, 3.8) is 0 Å². The molecule has 0 unspecified atom stereocenters. The molecule has 8 heteroatoms. The second-order valence-corrected chi connectivity index (χ2v) is 4.45. The molecule has 0 fully saturated rings. The number of amides is 3. The van der Waals surface area contributed by atoms with Crippen molar-refractivity contribution in [2.24, 2.45) is 0 Å². The van der Waals surface area contributed by atoms with Gasteiger partial charge in [-0.2, -0.15) is 0 Å². The fourth-order valence-corrected chi connectivity index (χ4v) is 1.63. The van der Waals surface area contributed by atoms with Crippen molar-refractivity contribution in [3.8, 4) is 11.5 Å². The van der Waals surface area contributed by atoms with Gasteiger partial charge in [-0.05, 0) is 24.6 Å². The maximum Gasteiger partial charge on any atom is 0.342 e. The van der Waals surface area contributed by atoms with Crippen LogP contribution in [0.4, 0.5) is 4.79 Å². The molecule has 0 aliphatic rings. The number of methoxy groups -OCH3 is 2. The molecule has 23 heavy (non-hydrogen) atoms. The zero-order valence-electron chi connectivity index (χ0n) is 13.3. The standard InChI is InChI=1S/C15H20N2O6/c1-4-7-16-15(20)17-13(18)9-23-14(19)11-8-10(21-2)5-6-12(11)22-3/h5-6,8H,4,7,9H2,1-3H3,(H2,16,17,18,20). The number of hydrogen-bond donors (Lipinski definition) is 2. The predicted octanol–water partition coefficient (Wildman–Crippen LogP) is 1.10. The number of nitrogens with one attached hydrogen (secondary N) is 2. The van der Waals surface area contributed by atoms with Crippen LogP contribution >= 0.6 is 0 Å². The van der Waals surface area contributed by atoms with Gasteiger partial charge in [-0.1, -0.05) is 6.92 Å². The summed E-state index contributed by atoms with van der Waals surface area (Å²) >= 11 is 0. The molecule has 0 radical (unpaired) electrons. The van der Waals surface area contributed by atoms with Crippen LogP contribution in [0.25, 0.3) is 0 Å². The second-order valence-electron chi connectivity index (χ2n) is 4.45. The first-order valence-corrected chi connectivity index (χ1v) is 6.98. The highest BCUT2D eigenvalue weighted by Gasteiger charge is 2.17. The van der Waals surface area contributed by atoms with Gasteiger partial charge < -0.3 is 19.5 Å². The van der Waals surface area contributed by atoms with Crippen LogP contribution in [0.15, 0.2) is 18.2 Å². The Hall–Kier alpha value is -2.77. The van der Waals surface area contributed by atoms with E-state index in [0.717, 1.165) is 6.42 Å². The number of carbonyl (C=O) groups excluding carboxylic acids is 3. The van der Waals surface area contributed by atoms with E-state index in [1.165, 1.54) is 20.3 Å². The van der Waals surface area contributed by atoms with Gasteiger partial charge in [0, 0.05) is 6.54 Å². The van der Waals surface area contributed by atoms with Crippen LogP contribution in [0.5, 0.6) is 11.5 Å². The van der Waals surface area contributed by atoms with Crippen LogP contribution in [0, 0.1) is 0 Å². The minimum atomic E-state index is -0.759. The molecule has 0 aliphatic heterocycles. The Bertz CT molecular complexity index is 573. The van der Waals surface area contributed by atoms with Gasteiger partial charge in [-0.3, -0.25) is 10.1 Å². The molecule has 0 bridgehead atoms. The first kappa shape index (κ1) is 18.3. The van der Waals surface area contributed by atoms with Crippen molar-refractivity contribution in [2.75, 3.05) is 27.4 Å². The monoisotopic (exact) mass is 324 g/mol. The Morgan fingerprint density at radius 1 is 1.13 bits per heavy atom. The molecule has 126 valence electrons. The summed E-state index contributed by atoms with van der Waals surface area (Å²) in [5.41, 5.74) is 0.120. The summed E-state index contributed by atoms with van der Waals surface area (Å²) in [7, 11) is 2.86. The highest BCUT2D eigenvalue weighted by Crippen LogP contribution is 2.24. The van der Waals surface area contributed by atoms with Gasteiger partial charge in [0.15, 0.2) is 6.61 Å². The number of benzene rings is 1. The molecular weight excluding hydrogens is 304 g/mol. The molecular formula is C15H20N2O6. The van der Waals surface area contributed by atoms with Crippen LogP contribution in [-0.2, 0) is 9.53 Å². The molecule has 1 aromatic rings. The normalized spacial score (nSPS) is 9.70. The van der Waals surface area contributed by atoms with Crippen LogP contribution in [0.2, 0.25) is 0 Å². The Balaban J connectivity index is 2.59. The Morgan fingerprint density at radius 2 is 1.87 bits per heavy atom. The van der Waals surface area contributed by atoms with Crippen LogP contribution in [0.3, 0.4) is 0 Å². The van der Waals surface area contributed by atoms with E-state index in [-0.39, 0.29) is 11.3 Å². The molecule has 1 aromatic carbocycles. The topological polar surface area (TPSA) is 103 Å². The largest absolute Gasteiger partial charge is 0.497 e. The molecule has 0 atom stereocenters. The van der Waals surface area contributed by atoms with Gasteiger partial charge in [-0.25, -0.2) is 9.59 Å². The summed E-state index contributed by atoms with van der Waals surface area (Å²) in [5, 5.41) is 4.52. The Labute approximate surface area is 134 Å². The fraction of sp³-hybridized carbons (Fsp3) is 0.400. The highest BCUT2D eigenvalue weighted by atomic mass is 16.5. The Kier molecular flexibility index (Phi) is 7.38. The van der Waals surface area contributed by atoms with E-state index in [4.69, 9.17) is 14.2 Å². The number of rotatable bonds is 7. The molecule has 3 amide bonds. The van der Waals surface area contributed by atoms with Gasteiger partial charge in [0.1, 0.15) is 17.1 Å². The van der Waals surface area contributed by atoms with Crippen molar-refractivity contribution < 1.29 is 28.6 Å². The smallest absolute Gasteiger partial charge is 0.342 e. The van der Waals surface area contributed by atoms with E-state index in [0.29, 0.717) is 12.3 Å². The van der Waals surface area contributed by atoms with Crippen LogP contribution < -0.4 is 20.1 Å². The number of ether oxygens (including phenoxy) is 3. The van der Waals surface area contributed by atoms with Gasteiger partial charge in [-0.15, -0.1) is 0 Å². The quantitative estimate of drug-likeness (QED) is 0.728. The molecule has 0 spiro atoms. The third-order valence-electron chi connectivity index (χ3n) is 2.75. The van der Waals surface area contributed by atoms with Gasteiger partial charge in [0.05, 0.1) is 14.2 Å². The minimum absolute atomic E-state index is 0.120. The average molecular weight is 324 g/mol. The summed E-state index contributed by atoms with van der Waals surface area (Å²) in [4.78, 5) is 34.8. The molecule has 2 N–H and O–H groups in total. The van der Waals surface area contributed by atoms with E-state index in [9.17, 15) is 14.4 Å². The second kappa shape index (κ2) is 9.29. The Morgan fingerprint density at radius 3 is 2.48 bits per heavy atom. The molecule has 8 nitrogen and oxygen atoms in total. The van der Waals surface area contributed by atoms with E-state index in [1.54, 1.807) is 12.1 Å². The van der Waals surface area contributed by atoms with Crippen molar-refractivity contribution in [3.05, 3.63) is 23.8 Å². The summed E-state index contributed by atoms with van der Waals surface area (Å²) < 4.78 is 15.0. The SMILES string of the molecule is CCCNC(=O)NC(=O)COC(=O)c1cc(OC)ccc1OC. The van der Waals surface area contributed by atoms with E-state index < -0.39 is 24.5 Å². The van der Waals surface area contributed by atoms with Crippen LogP contribution in [0.1, 0.15) is 23.7 Å². The number of imide groups is 1. The summed E-state index contributed by atoms with van der Waals surface area (Å²) in [6.07, 6.45) is 0.742. The molecule has 0 aliphatic carbocycles. The lowest BCUT2D eigenvalue weighted by Crippen LogP contribution is -2.41. The van der Waals surface area contributed by atoms with Gasteiger partial charge >= 0.3 is 12.0 Å². The molecule has 0 aromatic heterocycles.